The van der Waals surface area contributed by atoms with Gasteiger partial charge in [0.1, 0.15) is 6.54 Å². The Labute approximate surface area is 168 Å². The first-order valence-electron chi connectivity index (χ1n) is 8.71. The van der Waals surface area contributed by atoms with Crippen molar-refractivity contribution in [2.24, 2.45) is 0 Å². The Morgan fingerprint density at radius 3 is 2.54 bits per heavy atom. The number of aromatic amines is 1. The third-order valence-electron chi connectivity index (χ3n) is 4.31. The second-order valence-electron chi connectivity index (χ2n) is 6.27. The predicted molar refractivity (Wildman–Crippen MR) is 109 cm³/mol. The van der Waals surface area contributed by atoms with E-state index in [1.54, 1.807) is 18.8 Å². The molecule has 2 N–H and O–H groups in total. The lowest BCUT2D eigenvalue weighted by Crippen LogP contribution is -2.27. The Balaban J connectivity index is 1.70. The van der Waals surface area contributed by atoms with Crippen molar-refractivity contribution in [3.63, 3.8) is 0 Å². The maximum atomic E-state index is 12.5. The first-order chi connectivity index (χ1) is 13.5. The van der Waals surface area contributed by atoms with E-state index in [0.717, 1.165) is 16.7 Å². The molecule has 0 bridgehead atoms. The van der Waals surface area contributed by atoms with Crippen LogP contribution in [0.15, 0.2) is 42.5 Å². The van der Waals surface area contributed by atoms with Gasteiger partial charge in [0.15, 0.2) is 22.1 Å². The molecule has 1 heterocycles. The molecular formula is C20H22N4O3S. The number of nitrogens with one attached hydrogen (secondary N) is 2. The molecule has 0 aliphatic heterocycles. The lowest BCUT2D eigenvalue weighted by Gasteiger charge is -2.11. The van der Waals surface area contributed by atoms with E-state index in [1.165, 1.54) is 0 Å². The molecule has 0 spiro atoms. The second kappa shape index (κ2) is 8.71. The van der Waals surface area contributed by atoms with Gasteiger partial charge < -0.3 is 14.8 Å². The van der Waals surface area contributed by atoms with Gasteiger partial charge in [-0.05, 0) is 36.8 Å². The highest BCUT2D eigenvalue weighted by Crippen LogP contribution is 2.27. The molecular weight excluding hydrogens is 376 g/mol. The second-order valence-corrected chi connectivity index (χ2v) is 6.66. The molecule has 0 saturated carbocycles. The summed E-state index contributed by atoms with van der Waals surface area (Å²) in [6.45, 7) is 2.46. The van der Waals surface area contributed by atoms with Crippen molar-refractivity contribution < 1.29 is 14.3 Å². The van der Waals surface area contributed by atoms with Crippen LogP contribution < -0.4 is 14.8 Å². The third-order valence-corrected chi connectivity index (χ3v) is 4.62. The molecule has 2 aromatic carbocycles. The third kappa shape index (κ3) is 4.40. The summed E-state index contributed by atoms with van der Waals surface area (Å²) in [6.07, 6.45) is 0. The molecule has 0 fully saturated rings. The largest absolute Gasteiger partial charge is 0.493 e. The molecule has 3 rings (SSSR count). The van der Waals surface area contributed by atoms with Gasteiger partial charge in [0.05, 0.1) is 14.2 Å². The van der Waals surface area contributed by atoms with Crippen molar-refractivity contribution in [1.82, 2.24) is 20.1 Å². The summed E-state index contributed by atoms with van der Waals surface area (Å²) in [4.78, 5) is 12.5. The maximum absolute atomic E-state index is 12.5. The molecule has 8 heteroatoms. The van der Waals surface area contributed by atoms with E-state index in [1.807, 2.05) is 49.4 Å². The van der Waals surface area contributed by atoms with Crippen LogP contribution in [0, 0.1) is 11.7 Å². The molecule has 0 aliphatic carbocycles. The molecule has 0 aliphatic rings. The number of aromatic nitrogens is 3. The Kier molecular flexibility index (Phi) is 6.10. The quantitative estimate of drug-likeness (QED) is 0.597. The smallest absolute Gasteiger partial charge is 0.240 e. The van der Waals surface area contributed by atoms with Crippen molar-refractivity contribution in [2.45, 2.75) is 20.0 Å². The zero-order valence-electron chi connectivity index (χ0n) is 16.0. The summed E-state index contributed by atoms with van der Waals surface area (Å²) in [7, 11) is 3.16. The number of ether oxygens (including phenoxy) is 2. The van der Waals surface area contributed by atoms with Crippen LogP contribution in [0.2, 0.25) is 0 Å². The van der Waals surface area contributed by atoms with Gasteiger partial charge in [-0.15, -0.1) is 0 Å². The number of carbonyl (C=O) groups excluding carboxylic acids is 1. The van der Waals surface area contributed by atoms with Crippen LogP contribution >= 0.6 is 12.2 Å². The van der Waals surface area contributed by atoms with Crippen LogP contribution in [-0.4, -0.2) is 34.9 Å². The van der Waals surface area contributed by atoms with Gasteiger partial charge in [-0.25, -0.2) is 0 Å². The van der Waals surface area contributed by atoms with Crippen LogP contribution in [0.4, 0.5) is 0 Å². The Bertz CT molecular complexity index is 1020. The number of carbonyl (C=O) groups is 1. The van der Waals surface area contributed by atoms with Crippen molar-refractivity contribution in [3.05, 3.63) is 58.4 Å². The number of nitrogens with zero attached hydrogens (tertiary/aromatic N) is 2. The van der Waals surface area contributed by atoms with E-state index in [-0.39, 0.29) is 12.5 Å². The molecule has 0 saturated heterocycles. The fourth-order valence-electron chi connectivity index (χ4n) is 2.78. The van der Waals surface area contributed by atoms with Gasteiger partial charge in [0.25, 0.3) is 0 Å². The van der Waals surface area contributed by atoms with E-state index < -0.39 is 0 Å². The molecule has 146 valence electrons. The molecule has 0 unspecified atom stereocenters. The van der Waals surface area contributed by atoms with Gasteiger partial charge >= 0.3 is 0 Å². The normalized spacial score (nSPS) is 10.5. The standard InChI is InChI=1S/C20H22N4O3S/c1-13-4-7-15(8-5-13)19-22-23-20(28)24(19)12-18(25)21-11-14-6-9-16(26-2)17(10-14)27-3/h4-10H,11-12H2,1-3H3,(H,21,25)(H,23,28). The zero-order chi connectivity index (χ0) is 20.1. The highest BCUT2D eigenvalue weighted by molar-refractivity contribution is 7.71. The molecule has 1 aromatic heterocycles. The summed E-state index contributed by atoms with van der Waals surface area (Å²) in [5.41, 5.74) is 2.95. The van der Waals surface area contributed by atoms with E-state index in [0.29, 0.717) is 28.6 Å². The number of H-pyrrole nitrogens is 1. The predicted octanol–water partition coefficient (Wildman–Crippen LogP) is 3.25. The van der Waals surface area contributed by atoms with Crippen molar-refractivity contribution in [1.29, 1.82) is 0 Å². The van der Waals surface area contributed by atoms with Gasteiger partial charge in [0, 0.05) is 12.1 Å². The molecule has 1 amide bonds. The minimum atomic E-state index is -0.166. The average Bonchev–Trinajstić information content (AvgIpc) is 3.07. The number of hydrogen-bond acceptors (Lipinski definition) is 5. The van der Waals surface area contributed by atoms with Gasteiger partial charge in [0.2, 0.25) is 5.91 Å². The molecule has 0 atom stereocenters. The highest BCUT2D eigenvalue weighted by atomic mass is 32.1. The maximum Gasteiger partial charge on any atom is 0.240 e. The average molecular weight is 398 g/mol. The van der Waals surface area contributed by atoms with E-state index in [4.69, 9.17) is 21.7 Å². The molecule has 28 heavy (non-hydrogen) atoms. The lowest BCUT2D eigenvalue weighted by atomic mass is 10.1. The van der Waals surface area contributed by atoms with Crippen molar-refractivity contribution >= 4 is 18.1 Å². The summed E-state index contributed by atoms with van der Waals surface area (Å²) in [6, 6.07) is 13.4. The van der Waals surface area contributed by atoms with E-state index >= 15 is 0 Å². The fraction of sp³-hybridized carbons (Fsp3) is 0.250. The zero-order valence-corrected chi connectivity index (χ0v) is 16.8. The Morgan fingerprint density at radius 1 is 1.14 bits per heavy atom. The van der Waals surface area contributed by atoms with E-state index in [2.05, 4.69) is 15.5 Å². The first kappa shape index (κ1) is 19.6. The first-order valence-corrected chi connectivity index (χ1v) is 9.12. The molecule has 7 nitrogen and oxygen atoms in total. The van der Waals surface area contributed by atoms with Crippen LogP contribution in [0.5, 0.6) is 11.5 Å². The number of aryl methyl sites for hydroxylation is 1. The van der Waals surface area contributed by atoms with E-state index in [9.17, 15) is 4.79 Å². The van der Waals surface area contributed by atoms with Crippen LogP contribution in [-0.2, 0) is 17.9 Å². The van der Waals surface area contributed by atoms with Gasteiger partial charge in [-0.1, -0.05) is 35.9 Å². The van der Waals surface area contributed by atoms with Crippen LogP contribution in [0.25, 0.3) is 11.4 Å². The summed E-state index contributed by atoms with van der Waals surface area (Å²) < 4.78 is 12.6. The monoisotopic (exact) mass is 398 g/mol. The SMILES string of the molecule is COc1ccc(CNC(=O)Cn2c(-c3ccc(C)cc3)n[nH]c2=S)cc1OC. The highest BCUT2D eigenvalue weighted by Gasteiger charge is 2.13. The van der Waals surface area contributed by atoms with Gasteiger partial charge in [-0.2, -0.15) is 5.10 Å². The number of rotatable bonds is 7. The number of methoxy groups -OCH3 is 2. The number of hydrogen-bond donors (Lipinski definition) is 2. The number of benzene rings is 2. The lowest BCUT2D eigenvalue weighted by molar-refractivity contribution is -0.121. The Hall–Kier alpha value is -3.13. The molecule has 3 aromatic rings. The summed E-state index contributed by atoms with van der Waals surface area (Å²) >= 11 is 5.29. The summed E-state index contributed by atoms with van der Waals surface area (Å²) in [5, 5.41) is 9.92. The number of amides is 1. The van der Waals surface area contributed by atoms with Crippen molar-refractivity contribution in [2.75, 3.05) is 14.2 Å². The van der Waals surface area contributed by atoms with Crippen molar-refractivity contribution in [3.8, 4) is 22.9 Å². The van der Waals surface area contributed by atoms with Crippen LogP contribution in [0.1, 0.15) is 11.1 Å². The topological polar surface area (TPSA) is 81.2 Å². The Morgan fingerprint density at radius 2 is 1.86 bits per heavy atom. The van der Waals surface area contributed by atoms with Crippen LogP contribution in [0.3, 0.4) is 0 Å². The minimum Gasteiger partial charge on any atom is -0.493 e. The fourth-order valence-corrected chi connectivity index (χ4v) is 2.97. The summed E-state index contributed by atoms with van der Waals surface area (Å²) in [5.74, 6) is 1.73. The minimum absolute atomic E-state index is 0.0752. The van der Waals surface area contributed by atoms with Gasteiger partial charge in [-0.3, -0.25) is 14.5 Å². The molecule has 0 radical (unpaired) electrons.